The molecule has 0 atom stereocenters. The Kier molecular flexibility index (Phi) is 3.70. The summed E-state index contributed by atoms with van der Waals surface area (Å²) in [5.74, 6) is -0.194. The van der Waals surface area contributed by atoms with Gasteiger partial charge in [0.1, 0.15) is 0 Å². The van der Waals surface area contributed by atoms with E-state index < -0.39 is 4.92 Å². The molecule has 0 saturated heterocycles. The molecule has 18 heavy (non-hydrogen) atoms. The van der Waals surface area contributed by atoms with Crippen molar-refractivity contribution < 1.29 is 9.72 Å². The second-order valence-corrected chi connectivity index (χ2v) is 5.10. The molecule has 1 aliphatic carbocycles. The van der Waals surface area contributed by atoms with Crippen molar-refractivity contribution >= 4 is 27.7 Å². The number of nitrogens with zero attached hydrogens (tertiary/aromatic N) is 3. The molecule has 7 heteroatoms. The summed E-state index contributed by atoms with van der Waals surface area (Å²) in [5.41, 5.74) is 0.370. The molecule has 98 valence electrons. The van der Waals surface area contributed by atoms with Crippen LogP contribution in [0.3, 0.4) is 0 Å². The van der Waals surface area contributed by atoms with Crippen molar-refractivity contribution in [3.63, 3.8) is 0 Å². The normalized spacial score (nSPS) is 14.6. The molecule has 1 aromatic heterocycles. The van der Waals surface area contributed by atoms with Crippen molar-refractivity contribution in [1.29, 1.82) is 0 Å². The Morgan fingerprint density at radius 2 is 2.28 bits per heavy atom. The Morgan fingerprint density at radius 3 is 2.72 bits per heavy atom. The molecule has 0 bridgehead atoms. The SMILES string of the molecule is Cn1c(C(=O)N(CCBr)C2CC2)ccc1[N+](=O)[O-]. The standard InChI is InChI=1S/C11H14BrN3O3/c1-13-9(4-5-10(13)15(17)18)11(16)14(7-6-12)8-2-3-8/h4-5,8H,2-3,6-7H2,1H3. The van der Waals surface area contributed by atoms with Crippen LogP contribution >= 0.6 is 15.9 Å². The fourth-order valence-electron chi connectivity index (χ4n) is 1.97. The second kappa shape index (κ2) is 5.09. The maximum absolute atomic E-state index is 12.3. The summed E-state index contributed by atoms with van der Waals surface area (Å²) in [6.45, 7) is 0.627. The van der Waals surface area contributed by atoms with Crippen LogP contribution in [-0.2, 0) is 7.05 Å². The third kappa shape index (κ3) is 2.40. The van der Waals surface area contributed by atoms with Crippen LogP contribution in [0.5, 0.6) is 0 Å². The van der Waals surface area contributed by atoms with Gasteiger partial charge in [-0.05, 0) is 23.8 Å². The van der Waals surface area contributed by atoms with Gasteiger partial charge in [-0.3, -0.25) is 4.79 Å². The van der Waals surface area contributed by atoms with E-state index in [1.807, 2.05) is 0 Å². The minimum atomic E-state index is -0.483. The Hall–Kier alpha value is -1.37. The molecular weight excluding hydrogens is 302 g/mol. The quantitative estimate of drug-likeness (QED) is 0.473. The molecular formula is C11H14BrN3O3. The molecule has 1 fully saturated rings. The van der Waals surface area contributed by atoms with Gasteiger partial charge in [0, 0.05) is 24.0 Å². The lowest BCUT2D eigenvalue weighted by Gasteiger charge is -2.20. The molecule has 1 aliphatic rings. The van der Waals surface area contributed by atoms with Gasteiger partial charge < -0.3 is 15.0 Å². The smallest absolute Gasteiger partial charge is 0.323 e. The number of carbonyl (C=O) groups excluding carboxylic acids is 1. The van der Waals surface area contributed by atoms with Gasteiger partial charge in [0.05, 0.1) is 7.05 Å². The second-order valence-electron chi connectivity index (χ2n) is 4.31. The highest BCUT2D eigenvalue weighted by Crippen LogP contribution is 2.29. The van der Waals surface area contributed by atoms with Gasteiger partial charge in [-0.15, -0.1) is 0 Å². The van der Waals surface area contributed by atoms with E-state index in [0.29, 0.717) is 23.6 Å². The Morgan fingerprint density at radius 1 is 1.61 bits per heavy atom. The average Bonchev–Trinajstić information content (AvgIpc) is 3.08. The molecule has 0 aromatic carbocycles. The van der Waals surface area contributed by atoms with Crippen LogP contribution in [0.25, 0.3) is 0 Å². The van der Waals surface area contributed by atoms with Crippen LogP contribution in [0, 0.1) is 10.1 Å². The van der Waals surface area contributed by atoms with E-state index in [1.165, 1.54) is 16.7 Å². The molecule has 2 rings (SSSR count). The van der Waals surface area contributed by atoms with Gasteiger partial charge in [0.15, 0.2) is 5.69 Å². The van der Waals surface area contributed by atoms with Gasteiger partial charge in [-0.2, -0.15) is 0 Å². The van der Waals surface area contributed by atoms with E-state index in [2.05, 4.69) is 15.9 Å². The van der Waals surface area contributed by atoms with Crippen molar-refractivity contribution in [2.45, 2.75) is 18.9 Å². The van der Waals surface area contributed by atoms with Crippen LogP contribution < -0.4 is 0 Å². The Bertz CT molecular complexity index is 482. The fourth-order valence-corrected chi connectivity index (χ4v) is 2.35. The van der Waals surface area contributed by atoms with E-state index in [9.17, 15) is 14.9 Å². The number of halogens is 1. The van der Waals surface area contributed by atoms with Crippen LogP contribution in [0.15, 0.2) is 12.1 Å². The number of carbonyl (C=O) groups is 1. The topological polar surface area (TPSA) is 68.4 Å². The van der Waals surface area contributed by atoms with E-state index >= 15 is 0 Å². The van der Waals surface area contributed by atoms with Gasteiger partial charge in [0.25, 0.3) is 5.91 Å². The molecule has 0 radical (unpaired) electrons. The molecule has 1 aromatic rings. The molecule has 0 aliphatic heterocycles. The van der Waals surface area contributed by atoms with Crippen LogP contribution in [0.2, 0.25) is 0 Å². The summed E-state index contributed by atoms with van der Waals surface area (Å²) in [4.78, 5) is 24.4. The summed E-state index contributed by atoms with van der Waals surface area (Å²) in [5, 5.41) is 11.5. The summed E-state index contributed by atoms with van der Waals surface area (Å²) in [6.07, 6.45) is 2.04. The zero-order valence-corrected chi connectivity index (χ0v) is 11.6. The number of rotatable bonds is 5. The predicted octanol–water partition coefficient (Wildman–Crippen LogP) is 1.93. The zero-order valence-electron chi connectivity index (χ0n) is 10.0. The van der Waals surface area contributed by atoms with Gasteiger partial charge in [0.2, 0.25) is 0 Å². The summed E-state index contributed by atoms with van der Waals surface area (Å²) in [6, 6.07) is 3.18. The third-order valence-electron chi connectivity index (χ3n) is 3.08. The zero-order chi connectivity index (χ0) is 13.3. The number of amides is 1. The number of alkyl halides is 1. The van der Waals surface area contributed by atoms with Gasteiger partial charge in [-0.25, -0.2) is 4.57 Å². The lowest BCUT2D eigenvalue weighted by molar-refractivity contribution is -0.391. The van der Waals surface area contributed by atoms with Gasteiger partial charge >= 0.3 is 5.82 Å². The highest BCUT2D eigenvalue weighted by atomic mass is 79.9. The monoisotopic (exact) mass is 315 g/mol. The Labute approximate surface area is 113 Å². The maximum Gasteiger partial charge on any atom is 0.323 e. The third-order valence-corrected chi connectivity index (χ3v) is 3.43. The molecule has 0 unspecified atom stereocenters. The largest absolute Gasteiger partial charge is 0.358 e. The van der Waals surface area contributed by atoms with Crippen LogP contribution in [0.4, 0.5) is 5.82 Å². The fraction of sp³-hybridized carbons (Fsp3) is 0.545. The molecule has 1 amide bonds. The number of hydrogen-bond acceptors (Lipinski definition) is 3. The van der Waals surface area contributed by atoms with Crippen molar-refractivity contribution in [3.8, 4) is 0 Å². The van der Waals surface area contributed by atoms with E-state index in [-0.39, 0.29) is 11.7 Å². The first kappa shape index (κ1) is 13.1. The maximum atomic E-state index is 12.3. The molecule has 0 N–H and O–H groups in total. The Balaban J connectivity index is 2.24. The first-order valence-corrected chi connectivity index (χ1v) is 6.85. The highest BCUT2D eigenvalue weighted by Gasteiger charge is 2.35. The van der Waals surface area contributed by atoms with Crippen LogP contribution in [-0.4, -0.2) is 38.2 Å². The lowest BCUT2D eigenvalue weighted by atomic mass is 10.3. The first-order chi connectivity index (χ1) is 8.56. The number of nitro groups is 1. The lowest BCUT2D eigenvalue weighted by Crippen LogP contribution is -2.35. The highest BCUT2D eigenvalue weighted by molar-refractivity contribution is 9.09. The average molecular weight is 316 g/mol. The molecule has 0 spiro atoms. The molecule has 1 saturated carbocycles. The van der Waals surface area contributed by atoms with Gasteiger partial charge in [-0.1, -0.05) is 15.9 Å². The van der Waals surface area contributed by atoms with E-state index in [0.717, 1.165) is 12.8 Å². The molecule has 6 nitrogen and oxygen atoms in total. The molecule has 1 heterocycles. The van der Waals surface area contributed by atoms with E-state index in [1.54, 1.807) is 11.9 Å². The van der Waals surface area contributed by atoms with Crippen LogP contribution in [0.1, 0.15) is 23.3 Å². The predicted molar refractivity (Wildman–Crippen MR) is 69.9 cm³/mol. The van der Waals surface area contributed by atoms with Crippen molar-refractivity contribution in [2.24, 2.45) is 7.05 Å². The minimum absolute atomic E-state index is 0.0621. The van der Waals surface area contributed by atoms with Crippen molar-refractivity contribution in [3.05, 3.63) is 27.9 Å². The summed E-state index contributed by atoms with van der Waals surface area (Å²) >= 11 is 3.32. The van der Waals surface area contributed by atoms with E-state index in [4.69, 9.17) is 0 Å². The first-order valence-electron chi connectivity index (χ1n) is 5.73. The summed E-state index contributed by atoms with van der Waals surface area (Å²) < 4.78 is 1.34. The number of hydrogen-bond donors (Lipinski definition) is 0. The number of aromatic nitrogens is 1. The van der Waals surface area contributed by atoms with Crippen molar-refractivity contribution in [2.75, 3.05) is 11.9 Å². The minimum Gasteiger partial charge on any atom is -0.358 e. The summed E-state index contributed by atoms with van der Waals surface area (Å²) in [7, 11) is 1.55. The van der Waals surface area contributed by atoms with Crippen molar-refractivity contribution in [1.82, 2.24) is 9.47 Å².